The quantitative estimate of drug-likeness (QED) is 0.477. The van der Waals surface area contributed by atoms with Gasteiger partial charge in [0.15, 0.2) is 0 Å². The van der Waals surface area contributed by atoms with Crippen molar-refractivity contribution in [3.63, 3.8) is 0 Å². The van der Waals surface area contributed by atoms with Gasteiger partial charge in [0, 0.05) is 6.54 Å². The maximum absolute atomic E-state index is 11.5. The summed E-state index contributed by atoms with van der Waals surface area (Å²) in [5.41, 5.74) is -0.534. The number of aromatic nitrogens is 2. The molecule has 0 bridgehead atoms. The van der Waals surface area contributed by atoms with Crippen molar-refractivity contribution >= 4 is 23.9 Å². The van der Waals surface area contributed by atoms with Gasteiger partial charge in [0.05, 0.1) is 0 Å². The van der Waals surface area contributed by atoms with Crippen molar-refractivity contribution in [3.8, 4) is 0 Å². The van der Waals surface area contributed by atoms with E-state index in [-0.39, 0.29) is 5.89 Å². The summed E-state index contributed by atoms with van der Waals surface area (Å²) < 4.78 is 10.5. The van der Waals surface area contributed by atoms with Crippen LogP contribution in [0.15, 0.2) is 9.64 Å². The Bertz CT molecular complexity index is 544. The van der Waals surface area contributed by atoms with Gasteiger partial charge in [0.25, 0.3) is 5.22 Å². The molecule has 0 radical (unpaired) electrons. The predicted octanol–water partition coefficient (Wildman–Crippen LogP) is 2.80. The first-order chi connectivity index (χ1) is 11.2. The topological polar surface area (TPSA) is 127 Å². The van der Waals surface area contributed by atoms with E-state index in [1.807, 2.05) is 0 Å². The highest BCUT2D eigenvalue weighted by atomic mass is 32.2. The molecule has 24 heavy (non-hydrogen) atoms. The molecule has 10 heteroatoms. The molecule has 0 spiro atoms. The van der Waals surface area contributed by atoms with Crippen LogP contribution in [0.25, 0.3) is 0 Å². The van der Waals surface area contributed by atoms with Gasteiger partial charge in [-0.1, -0.05) is 11.8 Å². The van der Waals surface area contributed by atoms with Gasteiger partial charge in [-0.15, -0.1) is 10.2 Å². The SMILES string of the molecule is CSc1nnc(C(CCCCNC(=O)OC(C)(C)C)NC(=O)O)o1. The van der Waals surface area contributed by atoms with Crippen LogP contribution >= 0.6 is 11.8 Å². The molecule has 1 unspecified atom stereocenters. The first-order valence-corrected chi connectivity index (χ1v) is 8.77. The number of carboxylic acid groups (broad SMARTS) is 1. The monoisotopic (exact) mass is 360 g/mol. The van der Waals surface area contributed by atoms with Gasteiger partial charge in [-0.3, -0.25) is 0 Å². The Morgan fingerprint density at radius 1 is 1.33 bits per heavy atom. The lowest BCUT2D eigenvalue weighted by molar-refractivity contribution is 0.0527. The van der Waals surface area contributed by atoms with Crippen molar-refractivity contribution in [1.29, 1.82) is 0 Å². The van der Waals surface area contributed by atoms with E-state index < -0.39 is 23.8 Å². The van der Waals surface area contributed by atoms with Crippen LogP contribution in [0.3, 0.4) is 0 Å². The van der Waals surface area contributed by atoms with Crippen LogP contribution in [0, 0.1) is 0 Å². The minimum Gasteiger partial charge on any atom is -0.465 e. The second kappa shape index (κ2) is 9.36. The Balaban J connectivity index is 2.38. The van der Waals surface area contributed by atoms with Gasteiger partial charge < -0.3 is 24.9 Å². The minimum absolute atomic E-state index is 0.238. The molecule has 0 saturated heterocycles. The summed E-state index contributed by atoms with van der Waals surface area (Å²) in [6, 6.07) is -0.572. The van der Waals surface area contributed by atoms with Crippen molar-refractivity contribution in [1.82, 2.24) is 20.8 Å². The number of thioether (sulfide) groups is 1. The van der Waals surface area contributed by atoms with Gasteiger partial charge in [-0.2, -0.15) is 0 Å². The van der Waals surface area contributed by atoms with Crippen molar-refractivity contribution in [3.05, 3.63) is 5.89 Å². The van der Waals surface area contributed by atoms with Crippen LogP contribution in [0.2, 0.25) is 0 Å². The van der Waals surface area contributed by atoms with Crippen LogP contribution in [0.5, 0.6) is 0 Å². The molecule has 0 aliphatic carbocycles. The second-order valence-corrected chi connectivity index (χ2v) is 6.79. The zero-order valence-electron chi connectivity index (χ0n) is 14.3. The predicted molar refractivity (Wildman–Crippen MR) is 88.1 cm³/mol. The molecule has 2 amide bonds. The summed E-state index contributed by atoms with van der Waals surface area (Å²) in [6.45, 7) is 5.82. The van der Waals surface area contributed by atoms with E-state index in [9.17, 15) is 9.59 Å². The Morgan fingerprint density at radius 3 is 2.58 bits per heavy atom. The van der Waals surface area contributed by atoms with Crippen molar-refractivity contribution in [2.24, 2.45) is 0 Å². The number of rotatable bonds is 8. The molecular formula is C14H24N4O5S. The lowest BCUT2D eigenvalue weighted by Crippen LogP contribution is -2.33. The second-order valence-electron chi connectivity index (χ2n) is 6.04. The number of hydrogen-bond donors (Lipinski definition) is 3. The van der Waals surface area contributed by atoms with Crippen molar-refractivity contribution < 1.29 is 23.8 Å². The molecule has 9 nitrogen and oxygen atoms in total. The van der Waals surface area contributed by atoms with Gasteiger partial charge in [0.1, 0.15) is 11.6 Å². The third kappa shape index (κ3) is 8.04. The number of nitrogens with one attached hydrogen (secondary N) is 2. The Hall–Kier alpha value is -1.97. The molecule has 1 heterocycles. The van der Waals surface area contributed by atoms with Crippen LogP contribution in [0.4, 0.5) is 9.59 Å². The van der Waals surface area contributed by atoms with Crippen LogP contribution in [-0.4, -0.2) is 45.9 Å². The van der Waals surface area contributed by atoms with Crippen LogP contribution in [0.1, 0.15) is 52.0 Å². The smallest absolute Gasteiger partial charge is 0.407 e. The third-order valence-electron chi connectivity index (χ3n) is 2.78. The normalized spacial score (nSPS) is 12.5. The fourth-order valence-corrected chi connectivity index (χ4v) is 2.12. The zero-order valence-corrected chi connectivity index (χ0v) is 15.1. The Morgan fingerprint density at radius 2 is 2.04 bits per heavy atom. The number of carbonyl (C=O) groups excluding carboxylic acids is 1. The minimum atomic E-state index is -1.16. The number of amides is 2. The lowest BCUT2D eigenvalue weighted by Gasteiger charge is -2.19. The molecule has 0 aromatic carbocycles. The molecule has 1 rings (SSSR count). The summed E-state index contributed by atoms with van der Waals surface area (Å²) in [5, 5.41) is 22.0. The summed E-state index contributed by atoms with van der Waals surface area (Å²) in [4.78, 5) is 22.4. The molecule has 1 atom stereocenters. The first kappa shape index (κ1) is 20.1. The fourth-order valence-electron chi connectivity index (χ4n) is 1.83. The Kier molecular flexibility index (Phi) is 7.83. The van der Waals surface area contributed by atoms with E-state index in [1.54, 1.807) is 27.0 Å². The number of ether oxygens (including phenoxy) is 1. The molecule has 1 aromatic heterocycles. The highest BCUT2D eigenvalue weighted by molar-refractivity contribution is 7.98. The van der Waals surface area contributed by atoms with Crippen molar-refractivity contribution in [2.45, 2.75) is 56.9 Å². The highest BCUT2D eigenvalue weighted by Crippen LogP contribution is 2.21. The number of nitrogens with zero attached hydrogens (tertiary/aromatic N) is 2. The van der Waals surface area contributed by atoms with Gasteiger partial charge in [-0.25, -0.2) is 9.59 Å². The van der Waals surface area contributed by atoms with E-state index in [4.69, 9.17) is 14.3 Å². The molecule has 0 fully saturated rings. The number of unbranched alkanes of at least 4 members (excludes halogenated alkanes) is 1. The van der Waals surface area contributed by atoms with E-state index in [0.29, 0.717) is 31.0 Å². The summed E-state index contributed by atoms with van der Waals surface area (Å²) in [7, 11) is 0. The molecule has 0 aliphatic heterocycles. The van der Waals surface area contributed by atoms with Crippen molar-refractivity contribution in [2.75, 3.05) is 12.8 Å². The summed E-state index contributed by atoms with van der Waals surface area (Å²) >= 11 is 1.29. The molecule has 0 aliphatic rings. The largest absolute Gasteiger partial charge is 0.465 e. The number of alkyl carbamates (subject to hydrolysis) is 1. The van der Waals surface area contributed by atoms with Crippen LogP contribution < -0.4 is 10.6 Å². The van der Waals surface area contributed by atoms with E-state index in [2.05, 4.69) is 20.8 Å². The average Bonchev–Trinajstić information content (AvgIpc) is 2.92. The molecular weight excluding hydrogens is 336 g/mol. The molecule has 1 aromatic rings. The average molecular weight is 360 g/mol. The van der Waals surface area contributed by atoms with E-state index in [1.165, 1.54) is 11.8 Å². The van der Waals surface area contributed by atoms with E-state index in [0.717, 1.165) is 0 Å². The zero-order chi connectivity index (χ0) is 18.2. The van der Waals surface area contributed by atoms with Gasteiger partial charge >= 0.3 is 12.2 Å². The van der Waals surface area contributed by atoms with Crippen LogP contribution in [-0.2, 0) is 4.74 Å². The molecule has 3 N–H and O–H groups in total. The maximum atomic E-state index is 11.5. The van der Waals surface area contributed by atoms with Gasteiger partial charge in [0.2, 0.25) is 5.89 Å². The molecule has 136 valence electrons. The number of hydrogen-bond acceptors (Lipinski definition) is 7. The maximum Gasteiger partial charge on any atom is 0.407 e. The summed E-state index contributed by atoms with van der Waals surface area (Å²) in [5.74, 6) is 0.238. The Labute approximate surface area is 144 Å². The molecule has 0 saturated carbocycles. The van der Waals surface area contributed by atoms with E-state index >= 15 is 0 Å². The van der Waals surface area contributed by atoms with Gasteiger partial charge in [-0.05, 0) is 46.3 Å². The summed E-state index contributed by atoms with van der Waals surface area (Å²) in [6.07, 6.45) is 1.98. The third-order valence-corrected chi connectivity index (χ3v) is 3.29. The standard InChI is InChI=1S/C14H24N4O5S/c1-14(2,3)23-12(21)15-8-6-5-7-9(16-11(19)20)10-17-18-13(22-10)24-4/h9,16H,5-8H2,1-4H3,(H,15,21)(H,19,20). The highest BCUT2D eigenvalue weighted by Gasteiger charge is 2.20. The fraction of sp³-hybridized carbons (Fsp3) is 0.714. The first-order valence-electron chi connectivity index (χ1n) is 7.55. The lowest BCUT2D eigenvalue weighted by atomic mass is 10.1. The number of carbonyl (C=O) groups is 2.